The molecule has 15 aromatic carbocycles. The van der Waals surface area contributed by atoms with Crippen molar-refractivity contribution in [3.63, 3.8) is 0 Å². The van der Waals surface area contributed by atoms with Gasteiger partial charge in [0.1, 0.15) is 17.5 Å². The van der Waals surface area contributed by atoms with Crippen molar-refractivity contribution in [1.29, 1.82) is 0 Å². The van der Waals surface area contributed by atoms with Crippen LogP contribution in [0.5, 0.6) is 0 Å². The average Bonchev–Trinajstić information content (AvgIpc) is 0.780. The van der Waals surface area contributed by atoms with E-state index < -0.39 is 0 Å². The lowest BCUT2D eigenvalue weighted by Gasteiger charge is -2.25. The van der Waals surface area contributed by atoms with Crippen LogP contribution in [-0.4, -0.2) is 28.7 Å². The summed E-state index contributed by atoms with van der Waals surface area (Å²) >= 11 is 0. The third-order valence-corrected chi connectivity index (χ3v) is 19.5. The highest BCUT2D eigenvalue weighted by Crippen LogP contribution is 2.53. The van der Waals surface area contributed by atoms with E-state index in [2.05, 4.69) is 414 Å². The van der Waals surface area contributed by atoms with Crippen LogP contribution in [-0.2, 0) is 0 Å². The summed E-state index contributed by atoms with van der Waals surface area (Å²) in [5, 5.41) is 2.15. The molecule has 0 spiro atoms. The lowest BCUT2D eigenvalue weighted by molar-refractivity contribution is 1.07. The Morgan fingerprint density at radius 1 is 0.155 bits per heavy atom. The van der Waals surface area contributed by atoms with Crippen molar-refractivity contribution in [2.24, 2.45) is 0 Å². The van der Waals surface area contributed by atoms with Gasteiger partial charge in [0, 0.05) is 67.1 Å². The number of para-hydroxylation sites is 3. The van der Waals surface area contributed by atoms with Gasteiger partial charge in [-0.2, -0.15) is 0 Å². The summed E-state index contributed by atoms with van der Waals surface area (Å²) in [5.41, 5.74) is 26.8. The van der Waals surface area contributed by atoms with Gasteiger partial charge in [0.05, 0.1) is 34.2 Å². The van der Waals surface area contributed by atoms with Crippen LogP contribution in [0.2, 0.25) is 0 Å². The molecule has 0 aliphatic heterocycles. The van der Waals surface area contributed by atoms with Gasteiger partial charge < -0.3 is 0 Å². The van der Waals surface area contributed by atoms with Gasteiger partial charge in [-0.3, -0.25) is 13.7 Å². The van der Waals surface area contributed by atoms with Gasteiger partial charge >= 0.3 is 0 Å². The van der Waals surface area contributed by atoms with Crippen LogP contribution in [0.3, 0.4) is 0 Å². The molecule has 0 bridgehead atoms. The van der Waals surface area contributed by atoms with Gasteiger partial charge in [0.15, 0.2) is 0 Å². The lowest BCUT2D eigenvalue weighted by Crippen LogP contribution is -2.02. The molecule has 0 N–H and O–H groups in total. The normalized spacial score (nSPS) is 11.3. The summed E-state index contributed by atoms with van der Waals surface area (Å²) in [5.74, 6) is 2.50. The van der Waals surface area contributed by atoms with Gasteiger partial charge in [0.2, 0.25) is 0 Å². The second-order valence-electron chi connectivity index (χ2n) is 25.8. The van der Waals surface area contributed by atoms with Crippen LogP contribution in [0.25, 0.3) is 174 Å². The molecule has 0 fully saturated rings. The summed E-state index contributed by atoms with van der Waals surface area (Å²) in [6.45, 7) is 0. The van der Waals surface area contributed by atoms with Crippen LogP contribution in [0.4, 0.5) is 0 Å². The molecular formula is C97H66N6. The van der Waals surface area contributed by atoms with E-state index in [1.165, 1.54) is 0 Å². The highest BCUT2D eigenvalue weighted by atomic mass is 15.1. The number of rotatable bonds is 16. The predicted molar refractivity (Wildman–Crippen MR) is 426 cm³/mol. The summed E-state index contributed by atoms with van der Waals surface area (Å²) in [6, 6.07) is 143. The second-order valence-corrected chi connectivity index (χ2v) is 25.8. The molecule has 103 heavy (non-hydrogen) atoms. The molecule has 0 saturated carbocycles. The van der Waals surface area contributed by atoms with Crippen molar-refractivity contribution in [2.45, 2.75) is 0 Å². The maximum absolute atomic E-state index is 5.83. The molecule has 0 unspecified atom stereocenters. The van der Waals surface area contributed by atoms with Gasteiger partial charge in [-0.05, 0) is 97.7 Å². The highest BCUT2D eigenvalue weighted by Gasteiger charge is 2.30. The van der Waals surface area contributed by atoms with Crippen LogP contribution >= 0.6 is 0 Å². The minimum Gasteiger partial charge on any atom is -0.292 e. The van der Waals surface area contributed by atoms with Gasteiger partial charge in [-0.1, -0.05) is 358 Å². The van der Waals surface area contributed by atoms with Crippen molar-refractivity contribution in [3.05, 3.63) is 400 Å². The molecule has 0 atom stereocenters. The van der Waals surface area contributed by atoms with Crippen molar-refractivity contribution >= 4 is 10.8 Å². The van der Waals surface area contributed by atoms with Crippen molar-refractivity contribution in [3.8, 4) is 163 Å². The number of benzene rings is 15. The molecule has 0 aliphatic carbocycles. The number of fused-ring (bicyclic) bond motifs is 1. The summed E-state index contributed by atoms with van der Waals surface area (Å²) < 4.78 is 7.02. The van der Waals surface area contributed by atoms with Gasteiger partial charge in [-0.25, -0.2) is 15.0 Å². The van der Waals surface area contributed by atoms with E-state index in [1.54, 1.807) is 0 Å². The first kappa shape index (κ1) is 61.5. The third-order valence-electron chi connectivity index (χ3n) is 19.5. The van der Waals surface area contributed by atoms with Crippen LogP contribution in [0.15, 0.2) is 400 Å². The zero-order chi connectivity index (χ0) is 68.4. The van der Waals surface area contributed by atoms with E-state index in [1.807, 2.05) is 0 Å². The Hall–Kier alpha value is -13.8. The molecule has 0 saturated heterocycles. The molecule has 18 aromatic rings. The maximum Gasteiger partial charge on any atom is 0.145 e. The molecule has 3 heterocycles. The molecule has 18 rings (SSSR count). The molecule has 6 nitrogen and oxygen atoms in total. The number of imidazole rings is 3. The van der Waals surface area contributed by atoms with E-state index in [4.69, 9.17) is 15.0 Å². The molecule has 6 heteroatoms. The van der Waals surface area contributed by atoms with Crippen LogP contribution in [0, 0.1) is 0 Å². The SMILES string of the molecule is c1ccc(-c2nc(-c3ccc(-c4c(-c5ccccc5)c(-c5ccccc5)c(-c5ccc(-c6nc(-c7ccccc7)c(-c7ccccc7)n6-c6ccccc6)cc5)c5cc(-c6nc(-c7ccccc7)c(-c7ccccc7)n6-c6ccccc6)ccc45)cc3)n(-c3ccccc3)c2-c2ccccc2)cc1. The first-order valence-electron chi connectivity index (χ1n) is 35.0. The highest BCUT2D eigenvalue weighted by molar-refractivity contribution is 6.19. The first-order valence-corrected chi connectivity index (χ1v) is 35.0. The molecule has 0 amide bonds. The van der Waals surface area contributed by atoms with Gasteiger partial charge in [-0.15, -0.1) is 0 Å². The Balaban J connectivity index is 0.922. The van der Waals surface area contributed by atoms with E-state index >= 15 is 0 Å². The van der Waals surface area contributed by atoms with E-state index in [-0.39, 0.29) is 0 Å². The minimum absolute atomic E-state index is 0.821. The summed E-state index contributed by atoms with van der Waals surface area (Å²) in [7, 11) is 0. The molecule has 3 aromatic heterocycles. The lowest BCUT2D eigenvalue weighted by atomic mass is 9.78. The first-order chi connectivity index (χ1) is 51.2. The van der Waals surface area contributed by atoms with Crippen molar-refractivity contribution in [1.82, 2.24) is 28.7 Å². The zero-order valence-corrected chi connectivity index (χ0v) is 56.3. The number of hydrogen-bond acceptors (Lipinski definition) is 3. The Morgan fingerprint density at radius 2 is 0.369 bits per heavy atom. The maximum atomic E-state index is 5.83. The van der Waals surface area contributed by atoms with E-state index in [9.17, 15) is 0 Å². The number of hydrogen-bond donors (Lipinski definition) is 0. The summed E-state index contributed by atoms with van der Waals surface area (Å²) in [4.78, 5) is 17.2. The Labute approximate surface area is 599 Å². The fourth-order valence-electron chi connectivity index (χ4n) is 14.9. The monoisotopic (exact) mass is 1310 g/mol. The Kier molecular flexibility index (Phi) is 16.2. The van der Waals surface area contributed by atoms with E-state index in [0.717, 1.165) is 174 Å². The molecule has 484 valence electrons. The minimum atomic E-state index is 0.821. The average molecular weight is 1320 g/mol. The third kappa shape index (κ3) is 11.5. The topological polar surface area (TPSA) is 53.5 Å². The quantitative estimate of drug-likeness (QED) is 0.0969. The van der Waals surface area contributed by atoms with Crippen LogP contribution in [0.1, 0.15) is 0 Å². The van der Waals surface area contributed by atoms with Crippen LogP contribution < -0.4 is 0 Å². The standard InChI is InChI=1S/C97H66N6/c1-12-34-67(35-13-1)87-85(69-56-60-77(61-57-69)95-98-89(71-38-16-3-17-39-71)92(74-44-22-6-23-45-74)101(95)80-50-28-9-29-51-80)83-65-64-79(97-100-91(73-42-20-5-21-43-73)94(76-48-26-8-27-49-76)103(97)82-54-32-11-33-55-82)66-84(83)86(88(87)68-36-14-2-15-37-68)70-58-62-78(63-59-70)96-99-90(72-40-18-4-19-41-72)93(75-46-24-7-25-47-75)102(96)81-52-30-10-31-53-81/h1-66H. The van der Waals surface area contributed by atoms with Crippen molar-refractivity contribution < 1.29 is 0 Å². The second kappa shape index (κ2) is 27.1. The number of nitrogens with zero attached hydrogens (tertiary/aromatic N) is 6. The number of aromatic nitrogens is 6. The Morgan fingerprint density at radius 3 is 0.660 bits per heavy atom. The molecular weight excluding hydrogens is 1250 g/mol. The molecule has 0 aliphatic rings. The molecule has 0 radical (unpaired) electrons. The largest absolute Gasteiger partial charge is 0.292 e. The summed E-state index contributed by atoms with van der Waals surface area (Å²) in [6.07, 6.45) is 0. The Bertz CT molecular complexity index is 5990. The van der Waals surface area contributed by atoms with Crippen molar-refractivity contribution in [2.75, 3.05) is 0 Å². The van der Waals surface area contributed by atoms with E-state index in [0.29, 0.717) is 0 Å². The fourth-order valence-corrected chi connectivity index (χ4v) is 14.9. The predicted octanol–water partition coefficient (Wildman–Crippen LogP) is 25.1. The van der Waals surface area contributed by atoms with Gasteiger partial charge in [0.25, 0.3) is 0 Å². The smallest absolute Gasteiger partial charge is 0.145 e. The zero-order valence-electron chi connectivity index (χ0n) is 56.3. The fraction of sp³-hybridized carbons (Fsp3) is 0.